The number of fused-ring (bicyclic) bond motifs is 1. The van der Waals surface area contributed by atoms with Gasteiger partial charge >= 0.3 is 0 Å². The number of anilines is 3. The highest BCUT2D eigenvalue weighted by Gasteiger charge is 2.09. The van der Waals surface area contributed by atoms with Gasteiger partial charge in [-0.15, -0.1) is 0 Å². The summed E-state index contributed by atoms with van der Waals surface area (Å²) in [5.74, 6) is 0.679. The van der Waals surface area contributed by atoms with Gasteiger partial charge in [0.1, 0.15) is 11.6 Å². The summed E-state index contributed by atoms with van der Waals surface area (Å²) in [4.78, 5) is 8.89. The SMILES string of the molecule is COCCNc1nc(Nc2ccccc2F)nc2ccccc12. The highest BCUT2D eigenvalue weighted by Crippen LogP contribution is 2.24. The van der Waals surface area contributed by atoms with Gasteiger partial charge in [-0.1, -0.05) is 24.3 Å². The molecule has 0 aliphatic heterocycles. The minimum Gasteiger partial charge on any atom is -0.383 e. The number of nitrogens with zero attached hydrogens (tertiary/aromatic N) is 2. The monoisotopic (exact) mass is 312 g/mol. The van der Waals surface area contributed by atoms with Crippen LogP contribution in [0.15, 0.2) is 48.5 Å². The molecular formula is C17H17FN4O. The van der Waals surface area contributed by atoms with E-state index >= 15 is 0 Å². The number of nitrogens with one attached hydrogen (secondary N) is 2. The Hall–Kier alpha value is -2.73. The predicted molar refractivity (Wildman–Crippen MR) is 89.6 cm³/mol. The molecule has 0 atom stereocenters. The summed E-state index contributed by atoms with van der Waals surface area (Å²) in [7, 11) is 1.64. The Balaban J connectivity index is 1.95. The van der Waals surface area contributed by atoms with Crippen LogP contribution in [0.4, 0.5) is 21.8 Å². The third-order valence-electron chi connectivity index (χ3n) is 3.32. The summed E-state index contributed by atoms with van der Waals surface area (Å²) in [6.07, 6.45) is 0. The molecule has 3 aromatic rings. The fraction of sp³-hybridized carbons (Fsp3) is 0.176. The summed E-state index contributed by atoms with van der Waals surface area (Å²) in [5, 5.41) is 7.05. The van der Waals surface area contributed by atoms with Gasteiger partial charge in [0, 0.05) is 19.0 Å². The highest BCUT2D eigenvalue weighted by molar-refractivity contribution is 5.90. The third-order valence-corrected chi connectivity index (χ3v) is 3.32. The summed E-state index contributed by atoms with van der Waals surface area (Å²) in [6.45, 7) is 1.19. The van der Waals surface area contributed by atoms with Crippen LogP contribution in [-0.4, -0.2) is 30.2 Å². The van der Waals surface area contributed by atoms with Crippen molar-refractivity contribution in [3.8, 4) is 0 Å². The molecule has 23 heavy (non-hydrogen) atoms. The molecule has 2 N–H and O–H groups in total. The highest BCUT2D eigenvalue weighted by atomic mass is 19.1. The van der Waals surface area contributed by atoms with E-state index in [1.807, 2.05) is 24.3 Å². The van der Waals surface area contributed by atoms with Gasteiger partial charge in [0.25, 0.3) is 0 Å². The number of halogens is 1. The van der Waals surface area contributed by atoms with Crippen LogP contribution in [0.1, 0.15) is 0 Å². The lowest BCUT2D eigenvalue weighted by atomic mass is 10.2. The molecule has 1 heterocycles. The molecule has 0 radical (unpaired) electrons. The van der Waals surface area contributed by atoms with Gasteiger partial charge < -0.3 is 15.4 Å². The maximum Gasteiger partial charge on any atom is 0.229 e. The Morgan fingerprint density at radius 3 is 2.65 bits per heavy atom. The van der Waals surface area contributed by atoms with Crippen molar-refractivity contribution >= 4 is 28.4 Å². The molecule has 0 saturated carbocycles. The summed E-state index contributed by atoms with van der Waals surface area (Å²) in [5.41, 5.74) is 1.12. The van der Waals surface area contributed by atoms with Crippen molar-refractivity contribution in [2.45, 2.75) is 0 Å². The summed E-state index contributed by atoms with van der Waals surface area (Å²) in [6, 6.07) is 14.1. The van der Waals surface area contributed by atoms with E-state index in [4.69, 9.17) is 4.74 Å². The quantitative estimate of drug-likeness (QED) is 0.681. The summed E-state index contributed by atoms with van der Waals surface area (Å²) < 4.78 is 18.8. The number of para-hydroxylation sites is 2. The average Bonchev–Trinajstić information content (AvgIpc) is 2.57. The maximum atomic E-state index is 13.8. The van der Waals surface area contributed by atoms with Crippen molar-refractivity contribution in [1.82, 2.24) is 9.97 Å². The van der Waals surface area contributed by atoms with Crippen molar-refractivity contribution in [3.63, 3.8) is 0 Å². The van der Waals surface area contributed by atoms with Gasteiger partial charge in [-0.2, -0.15) is 4.98 Å². The normalized spacial score (nSPS) is 10.7. The Kier molecular flexibility index (Phi) is 4.63. The fourth-order valence-electron chi connectivity index (χ4n) is 2.22. The molecule has 2 aromatic carbocycles. The van der Waals surface area contributed by atoms with Crippen LogP contribution in [0.25, 0.3) is 10.9 Å². The minimum atomic E-state index is -0.349. The molecule has 5 nitrogen and oxygen atoms in total. The molecular weight excluding hydrogens is 295 g/mol. The van der Waals surface area contributed by atoms with Crippen LogP contribution >= 0.6 is 0 Å². The lowest BCUT2D eigenvalue weighted by molar-refractivity contribution is 0.210. The molecule has 1 aromatic heterocycles. The molecule has 3 rings (SSSR count). The molecule has 0 amide bonds. The summed E-state index contributed by atoms with van der Waals surface area (Å²) >= 11 is 0. The number of hydrogen-bond acceptors (Lipinski definition) is 5. The van der Waals surface area contributed by atoms with Gasteiger partial charge in [-0.25, -0.2) is 9.37 Å². The molecule has 118 valence electrons. The van der Waals surface area contributed by atoms with Gasteiger partial charge in [0.2, 0.25) is 5.95 Å². The van der Waals surface area contributed by atoms with Crippen molar-refractivity contribution in [2.24, 2.45) is 0 Å². The van der Waals surface area contributed by atoms with E-state index in [0.29, 0.717) is 30.6 Å². The molecule has 0 unspecified atom stereocenters. The van der Waals surface area contributed by atoms with Crippen molar-refractivity contribution in [3.05, 3.63) is 54.3 Å². The Morgan fingerprint density at radius 1 is 1.04 bits per heavy atom. The van der Waals surface area contributed by atoms with Gasteiger partial charge in [-0.05, 0) is 24.3 Å². The van der Waals surface area contributed by atoms with E-state index < -0.39 is 0 Å². The van der Waals surface area contributed by atoms with Crippen LogP contribution in [0.3, 0.4) is 0 Å². The molecule has 0 bridgehead atoms. The van der Waals surface area contributed by atoms with Crippen LogP contribution in [0.5, 0.6) is 0 Å². The van der Waals surface area contributed by atoms with E-state index in [9.17, 15) is 4.39 Å². The first-order chi connectivity index (χ1) is 11.3. The predicted octanol–water partition coefficient (Wildman–Crippen LogP) is 3.57. The van der Waals surface area contributed by atoms with Crippen molar-refractivity contribution in [2.75, 3.05) is 30.9 Å². The second-order valence-electron chi connectivity index (χ2n) is 4.94. The zero-order valence-electron chi connectivity index (χ0n) is 12.7. The zero-order valence-corrected chi connectivity index (χ0v) is 12.7. The number of benzene rings is 2. The topological polar surface area (TPSA) is 59.1 Å². The van der Waals surface area contributed by atoms with Gasteiger partial charge in [0.05, 0.1) is 17.8 Å². The first-order valence-corrected chi connectivity index (χ1v) is 7.29. The number of ether oxygens (including phenoxy) is 1. The van der Waals surface area contributed by atoms with E-state index in [-0.39, 0.29) is 5.82 Å². The molecule has 0 spiro atoms. The second-order valence-corrected chi connectivity index (χ2v) is 4.94. The maximum absolute atomic E-state index is 13.8. The second kappa shape index (κ2) is 7.02. The molecule has 0 aliphatic carbocycles. The Labute approximate surface area is 133 Å². The van der Waals surface area contributed by atoms with Gasteiger partial charge in [0.15, 0.2) is 0 Å². The molecule has 0 aliphatic rings. The first-order valence-electron chi connectivity index (χ1n) is 7.29. The molecule has 0 saturated heterocycles. The van der Waals surface area contributed by atoms with E-state index in [1.165, 1.54) is 6.07 Å². The number of methoxy groups -OCH3 is 1. The first kappa shape index (κ1) is 15.2. The van der Waals surface area contributed by atoms with Crippen molar-refractivity contribution in [1.29, 1.82) is 0 Å². The van der Waals surface area contributed by atoms with Crippen LogP contribution in [0, 0.1) is 5.82 Å². The Morgan fingerprint density at radius 2 is 1.83 bits per heavy atom. The minimum absolute atomic E-state index is 0.339. The third kappa shape index (κ3) is 3.54. The number of rotatable bonds is 6. The average molecular weight is 312 g/mol. The van der Waals surface area contributed by atoms with E-state index in [2.05, 4.69) is 20.6 Å². The fourth-order valence-corrected chi connectivity index (χ4v) is 2.22. The smallest absolute Gasteiger partial charge is 0.229 e. The van der Waals surface area contributed by atoms with Crippen LogP contribution in [0.2, 0.25) is 0 Å². The van der Waals surface area contributed by atoms with E-state index in [1.54, 1.807) is 25.3 Å². The lowest BCUT2D eigenvalue weighted by Gasteiger charge is -2.12. The van der Waals surface area contributed by atoms with Gasteiger partial charge in [-0.3, -0.25) is 0 Å². The molecule has 0 fully saturated rings. The van der Waals surface area contributed by atoms with Crippen LogP contribution in [-0.2, 0) is 4.74 Å². The largest absolute Gasteiger partial charge is 0.383 e. The number of aromatic nitrogens is 2. The van der Waals surface area contributed by atoms with E-state index in [0.717, 1.165) is 10.9 Å². The van der Waals surface area contributed by atoms with Crippen molar-refractivity contribution < 1.29 is 9.13 Å². The molecule has 6 heteroatoms. The Bertz CT molecular complexity index is 809. The zero-order chi connectivity index (χ0) is 16.1. The lowest BCUT2D eigenvalue weighted by Crippen LogP contribution is -2.10. The number of hydrogen-bond donors (Lipinski definition) is 2. The van der Waals surface area contributed by atoms with Crippen LogP contribution < -0.4 is 10.6 Å². The standard InChI is InChI=1S/C17H17FN4O/c1-23-11-10-19-16-12-6-2-4-8-14(12)20-17(22-16)21-15-9-5-3-7-13(15)18/h2-9H,10-11H2,1H3,(H2,19,20,21,22).